The van der Waals surface area contributed by atoms with Crippen molar-refractivity contribution in [1.82, 2.24) is 9.97 Å². The zero-order valence-corrected chi connectivity index (χ0v) is 18.3. The van der Waals surface area contributed by atoms with Crippen LogP contribution in [-0.4, -0.2) is 9.97 Å². The molecular weight excluding hydrogens is 418 g/mol. The Balaban J connectivity index is 1.63. The number of anilines is 1. The Morgan fingerprint density at radius 1 is 0.833 bits per heavy atom. The van der Waals surface area contributed by atoms with Gasteiger partial charge in [-0.1, -0.05) is 23.7 Å². The summed E-state index contributed by atoms with van der Waals surface area (Å²) in [5.41, 5.74) is 6.45. The van der Waals surface area contributed by atoms with Crippen molar-refractivity contribution in [3.05, 3.63) is 91.0 Å². The third-order valence-corrected chi connectivity index (χ3v) is 6.18. The van der Waals surface area contributed by atoms with Gasteiger partial charge in [0, 0.05) is 15.6 Å². The molecule has 0 aliphatic carbocycles. The van der Waals surface area contributed by atoms with Crippen LogP contribution in [0.4, 0.5) is 5.69 Å². The summed E-state index contributed by atoms with van der Waals surface area (Å²) in [7, 11) is 0. The fourth-order valence-corrected chi connectivity index (χ4v) is 4.53. The maximum absolute atomic E-state index is 11.6. The van der Waals surface area contributed by atoms with E-state index in [0.29, 0.717) is 11.0 Å². The SMILES string of the molecule is Cc1cc2[nH]c(=O)c(=O)[nH]c2cc1SNc1cc(C)c(-c2cccc(Cl)c2)c(C)c1. The van der Waals surface area contributed by atoms with Gasteiger partial charge in [-0.3, -0.25) is 9.59 Å². The summed E-state index contributed by atoms with van der Waals surface area (Å²) in [6.07, 6.45) is 0. The van der Waals surface area contributed by atoms with Gasteiger partial charge in [-0.15, -0.1) is 0 Å². The van der Waals surface area contributed by atoms with E-state index < -0.39 is 11.1 Å². The molecule has 0 bridgehead atoms. The number of rotatable bonds is 4. The molecule has 7 heteroatoms. The molecule has 0 amide bonds. The third-order valence-electron chi connectivity index (χ3n) is 4.94. The minimum Gasteiger partial charge on any atom is -0.326 e. The zero-order valence-electron chi connectivity index (χ0n) is 16.7. The van der Waals surface area contributed by atoms with E-state index in [-0.39, 0.29) is 0 Å². The van der Waals surface area contributed by atoms with E-state index in [1.165, 1.54) is 17.5 Å². The molecule has 0 aliphatic heterocycles. The summed E-state index contributed by atoms with van der Waals surface area (Å²) in [5, 5.41) is 0.718. The first-order chi connectivity index (χ1) is 14.3. The zero-order chi connectivity index (χ0) is 21.4. The molecular formula is C23H20ClN3O2S. The number of fused-ring (bicyclic) bond motifs is 1. The Labute approximate surface area is 182 Å². The van der Waals surface area contributed by atoms with Crippen LogP contribution in [0.2, 0.25) is 5.02 Å². The van der Waals surface area contributed by atoms with Gasteiger partial charge in [0.15, 0.2) is 0 Å². The average Bonchev–Trinajstić information content (AvgIpc) is 2.67. The van der Waals surface area contributed by atoms with Crippen LogP contribution < -0.4 is 15.8 Å². The molecule has 0 saturated heterocycles. The van der Waals surface area contributed by atoms with Gasteiger partial charge in [0.2, 0.25) is 0 Å². The topological polar surface area (TPSA) is 77.8 Å². The molecule has 0 saturated carbocycles. The summed E-state index contributed by atoms with van der Waals surface area (Å²) in [4.78, 5) is 29.3. The van der Waals surface area contributed by atoms with E-state index in [1.807, 2.05) is 37.3 Å². The molecule has 1 aromatic heterocycles. The predicted octanol–water partition coefficient (Wildman–Crippen LogP) is 5.58. The molecule has 152 valence electrons. The van der Waals surface area contributed by atoms with Gasteiger partial charge >= 0.3 is 11.1 Å². The largest absolute Gasteiger partial charge is 0.326 e. The number of aromatic amines is 2. The van der Waals surface area contributed by atoms with Crippen molar-refractivity contribution in [3.8, 4) is 11.1 Å². The highest BCUT2D eigenvalue weighted by Crippen LogP contribution is 2.33. The van der Waals surface area contributed by atoms with Gasteiger partial charge in [-0.25, -0.2) is 0 Å². The van der Waals surface area contributed by atoms with Crippen LogP contribution in [0.1, 0.15) is 16.7 Å². The first kappa shape index (κ1) is 20.3. The highest BCUT2D eigenvalue weighted by Gasteiger charge is 2.10. The monoisotopic (exact) mass is 437 g/mol. The minimum absolute atomic E-state index is 0.596. The van der Waals surface area contributed by atoms with E-state index >= 15 is 0 Å². The maximum atomic E-state index is 11.6. The number of benzene rings is 3. The summed E-state index contributed by atoms with van der Waals surface area (Å²) in [6, 6.07) is 15.8. The summed E-state index contributed by atoms with van der Waals surface area (Å²) < 4.78 is 3.39. The number of nitrogens with one attached hydrogen (secondary N) is 3. The molecule has 4 aromatic rings. The second-order valence-electron chi connectivity index (χ2n) is 7.27. The summed E-state index contributed by atoms with van der Waals surface area (Å²) in [6.45, 7) is 6.13. The molecule has 0 fully saturated rings. The molecule has 1 heterocycles. The average molecular weight is 438 g/mol. The van der Waals surface area contributed by atoms with E-state index in [2.05, 4.69) is 46.7 Å². The van der Waals surface area contributed by atoms with Gasteiger partial charge in [-0.05, 0) is 96.9 Å². The lowest BCUT2D eigenvalue weighted by Gasteiger charge is -2.15. The fraction of sp³-hybridized carbons (Fsp3) is 0.130. The van der Waals surface area contributed by atoms with Crippen molar-refractivity contribution < 1.29 is 0 Å². The number of halogens is 1. The van der Waals surface area contributed by atoms with Crippen LogP contribution in [0.15, 0.2) is 63.0 Å². The van der Waals surface area contributed by atoms with Gasteiger partial charge in [-0.2, -0.15) is 0 Å². The fourth-order valence-electron chi connectivity index (χ4n) is 3.60. The van der Waals surface area contributed by atoms with Crippen LogP contribution in [0.25, 0.3) is 22.2 Å². The maximum Gasteiger partial charge on any atom is 0.314 e. The molecule has 0 atom stereocenters. The van der Waals surface area contributed by atoms with Gasteiger partial charge in [0.05, 0.1) is 11.0 Å². The predicted molar refractivity (Wildman–Crippen MR) is 126 cm³/mol. The Morgan fingerprint density at radius 3 is 2.10 bits per heavy atom. The van der Waals surface area contributed by atoms with Crippen LogP contribution in [0.5, 0.6) is 0 Å². The van der Waals surface area contributed by atoms with E-state index in [9.17, 15) is 9.59 Å². The molecule has 0 aliphatic rings. The van der Waals surface area contributed by atoms with Crippen molar-refractivity contribution in [1.29, 1.82) is 0 Å². The van der Waals surface area contributed by atoms with Crippen molar-refractivity contribution in [3.63, 3.8) is 0 Å². The number of hydrogen-bond acceptors (Lipinski definition) is 4. The first-order valence-electron chi connectivity index (χ1n) is 9.39. The molecule has 5 nitrogen and oxygen atoms in total. The Hall–Kier alpha value is -2.96. The molecule has 3 N–H and O–H groups in total. The van der Waals surface area contributed by atoms with Gasteiger partial charge < -0.3 is 14.7 Å². The quantitative estimate of drug-likeness (QED) is 0.287. The van der Waals surface area contributed by atoms with Crippen molar-refractivity contribution in [2.75, 3.05) is 4.72 Å². The summed E-state index contributed by atoms with van der Waals surface area (Å²) in [5.74, 6) is 0. The highest BCUT2D eigenvalue weighted by molar-refractivity contribution is 8.00. The Kier molecular flexibility index (Phi) is 5.45. The number of hydrogen-bond donors (Lipinski definition) is 3. The van der Waals surface area contributed by atoms with Crippen LogP contribution in [0, 0.1) is 20.8 Å². The number of aryl methyl sites for hydroxylation is 3. The van der Waals surface area contributed by atoms with E-state index in [0.717, 1.165) is 37.9 Å². The first-order valence-corrected chi connectivity index (χ1v) is 10.6. The van der Waals surface area contributed by atoms with Crippen molar-refractivity contribution >= 4 is 40.3 Å². The molecule has 4 rings (SSSR count). The van der Waals surface area contributed by atoms with Gasteiger partial charge in [0.25, 0.3) is 0 Å². The van der Waals surface area contributed by atoms with Crippen LogP contribution >= 0.6 is 23.5 Å². The van der Waals surface area contributed by atoms with E-state index in [1.54, 1.807) is 0 Å². The molecule has 0 spiro atoms. The Morgan fingerprint density at radius 2 is 1.47 bits per heavy atom. The second kappa shape index (κ2) is 8.05. The molecule has 3 aromatic carbocycles. The Bertz CT molecular complexity index is 1370. The minimum atomic E-state index is -0.655. The number of H-pyrrole nitrogens is 2. The molecule has 0 unspecified atom stereocenters. The van der Waals surface area contributed by atoms with Gasteiger partial charge in [0.1, 0.15) is 0 Å². The lowest BCUT2D eigenvalue weighted by molar-refractivity contribution is 1.13. The molecule has 0 radical (unpaired) electrons. The van der Waals surface area contributed by atoms with Crippen molar-refractivity contribution in [2.45, 2.75) is 25.7 Å². The lowest BCUT2D eigenvalue weighted by atomic mass is 9.95. The standard InChI is InChI=1S/C23H20ClN3O2S/c1-12-9-18-19(26-23(29)22(28)25-18)11-20(12)30-27-17-7-13(2)21(14(3)8-17)15-5-4-6-16(24)10-15/h4-11,27H,1-3H3,(H,25,28)(H,26,29). The smallest absolute Gasteiger partial charge is 0.314 e. The third kappa shape index (κ3) is 4.01. The van der Waals surface area contributed by atoms with Crippen molar-refractivity contribution in [2.24, 2.45) is 0 Å². The lowest BCUT2D eigenvalue weighted by Crippen LogP contribution is -2.28. The molecule has 30 heavy (non-hydrogen) atoms. The second-order valence-corrected chi connectivity index (χ2v) is 8.56. The van der Waals surface area contributed by atoms with E-state index in [4.69, 9.17) is 11.6 Å². The number of aromatic nitrogens is 2. The summed E-state index contributed by atoms with van der Waals surface area (Å²) >= 11 is 7.63. The highest BCUT2D eigenvalue weighted by atomic mass is 35.5. The normalized spacial score (nSPS) is 11.1. The van der Waals surface area contributed by atoms with Crippen LogP contribution in [-0.2, 0) is 0 Å². The van der Waals surface area contributed by atoms with Crippen LogP contribution in [0.3, 0.4) is 0 Å².